The van der Waals surface area contributed by atoms with Gasteiger partial charge in [0.1, 0.15) is 5.82 Å². The van der Waals surface area contributed by atoms with E-state index in [9.17, 15) is 4.79 Å². The summed E-state index contributed by atoms with van der Waals surface area (Å²) in [7, 11) is 0. The van der Waals surface area contributed by atoms with Crippen molar-refractivity contribution >= 4 is 5.65 Å². The van der Waals surface area contributed by atoms with E-state index in [1.54, 1.807) is 4.52 Å². The van der Waals surface area contributed by atoms with Crippen molar-refractivity contribution in [3.8, 4) is 0 Å². The normalized spacial score (nSPS) is 16.4. The van der Waals surface area contributed by atoms with Gasteiger partial charge in [0.05, 0.1) is 0 Å². The fraction of sp³-hybridized carbons (Fsp3) is 0.538. The third-order valence-corrected chi connectivity index (χ3v) is 3.82. The quantitative estimate of drug-likeness (QED) is 0.861. The molecule has 17 heavy (non-hydrogen) atoms. The summed E-state index contributed by atoms with van der Waals surface area (Å²) < 4.78 is 1.60. The molecule has 2 aromatic rings. The highest BCUT2D eigenvalue weighted by Crippen LogP contribution is 2.34. The number of pyridine rings is 1. The Morgan fingerprint density at radius 3 is 2.88 bits per heavy atom. The summed E-state index contributed by atoms with van der Waals surface area (Å²) in [6, 6.07) is 2.00. The van der Waals surface area contributed by atoms with Gasteiger partial charge in [0.25, 0.3) is 5.56 Å². The fourth-order valence-electron chi connectivity index (χ4n) is 2.50. The van der Waals surface area contributed by atoms with E-state index in [4.69, 9.17) is 0 Å². The topological polar surface area (TPSA) is 50.2 Å². The van der Waals surface area contributed by atoms with Crippen LogP contribution < -0.4 is 5.56 Å². The van der Waals surface area contributed by atoms with Crippen molar-refractivity contribution in [1.82, 2.24) is 14.6 Å². The highest BCUT2D eigenvalue weighted by atomic mass is 16.1. The molecule has 1 aliphatic rings. The first-order valence-corrected chi connectivity index (χ1v) is 6.32. The molecule has 0 atom stereocenters. The lowest BCUT2D eigenvalue weighted by atomic mass is 9.85. The van der Waals surface area contributed by atoms with Crippen LogP contribution in [0.3, 0.4) is 0 Å². The number of fused-ring (bicyclic) bond motifs is 1. The van der Waals surface area contributed by atoms with Crippen LogP contribution in [0.15, 0.2) is 10.9 Å². The van der Waals surface area contributed by atoms with Crippen LogP contribution in [0.2, 0.25) is 0 Å². The second-order valence-corrected chi connectivity index (χ2v) is 4.89. The SMILES string of the molecule is CCc1c(C)cc2nc(C3CCC3)[nH]n2c1=O. The Labute approximate surface area is 99.7 Å². The van der Waals surface area contributed by atoms with Crippen LogP contribution in [0.1, 0.15) is 49.1 Å². The Bertz CT molecular complexity index is 619. The van der Waals surface area contributed by atoms with Gasteiger partial charge in [0, 0.05) is 11.5 Å². The van der Waals surface area contributed by atoms with Gasteiger partial charge in [-0.2, -0.15) is 4.52 Å². The van der Waals surface area contributed by atoms with Crippen molar-refractivity contribution in [3.63, 3.8) is 0 Å². The maximum Gasteiger partial charge on any atom is 0.274 e. The van der Waals surface area contributed by atoms with Crippen molar-refractivity contribution in [2.45, 2.75) is 45.4 Å². The van der Waals surface area contributed by atoms with Gasteiger partial charge >= 0.3 is 0 Å². The molecule has 0 unspecified atom stereocenters. The van der Waals surface area contributed by atoms with Gasteiger partial charge in [-0.05, 0) is 37.8 Å². The number of hydrogen-bond acceptors (Lipinski definition) is 2. The first-order chi connectivity index (χ1) is 8.20. The minimum absolute atomic E-state index is 0.0561. The molecule has 0 spiro atoms. The zero-order chi connectivity index (χ0) is 12.0. The highest BCUT2D eigenvalue weighted by molar-refractivity contribution is 5.43. The van der Waals surface area contributed by atoms with Crippen molar-refractivity contribution in [2.24, 2.45) is 0 Å². The second-order valence-electron chi connectivity index (χ2n) is 4.89. The Morgan fingerprint density at radius 2 is 2.29 bits per heavy atom. The standard InChI is InChI=1S/C13H17N3O/c1-3-10-8(2)7-11-14-12(9-5-4-6-9)15-16(11)13(10)17/h7,9H,3-6H2,1-2H3,(H,14,15). The van der Waals surface area contributed by atoms with Gasteiger partial charge in [-0.1, -0.05) is 13.3 Å². The minimum atomic E-state index is 0.0561. The van der Waals surface area contributed by atoms with E-state index in [-0.39, 0.29) is 5.56 Å². The predicted octanol–water partition coefficient (Wildman–Crippen LogP) is 2.16. The summed E-state index contributed by atoms with van der Waals surface area (Å²) in [5.41, 5.74) is 2.74. The van der Waals surface area contributed by atoms with Gasteiger partial charge in [-0.25, -0.2) is 4.98 Å². The zero-order valence-electron chi connectivity index (χ0n) is 10.3. The van der Waals surface area contributed by atoms with E-state index in [1.807, 2.05) is 19.9 Å². The van der Waals surface area contributed by atoms with Crippen molar-refractivity contribution < 1.29 is 0 Å². The number of H-pyrrole nitrogens is 1. The van der Waals surface area contributed by atoms with Crippen molar-refractivity contribution in [1.29, 1.82) is 0 Å². The molecule has 4 nitrogen and oxygen atoms in total. The van der Waals surface area contributed by atoms with E-state index in [1.165, 1.54) is 19.3 Å². The number of aromatic amines is 1. The Kier molecular flexibility index (Phi) is 2.31. The van der Waals surface area contributed by atoms with Crippen LogP contribution >= 0.6 is 0 Å². The number of aromatic nitrogens is 3. The molecular formula is C13H17N3O. The summed E-state index contributed by atoms with van der Waals surface area (Å²) in [4.78, 5) is 16.8. The van der Waals surface area contributed by atoms with Crippen LogP contribution in [0.5, 0.6) is 0 Å². The summed E-state index contributed by atoms with van der Waals surface area (Å²) in [6.07, 6.45) is 4.42. The summed E-state index contributed by atoms with van der Waals surface area (Å²) in [5, 5.41) is 3.16. The van der Waals surface area contributed by atoms with E-state index in [2.05, 4.69) is 10.1 Å². The van der Waals surface area contributed by atoms with Gasteiger partial charge in [0.15, 0.2) is 5.65 Å². The molecule has 2 heterocycles. The molecule has 0 amide bonds. The number of nitrogens with one attached hydrogen (secondary N) is 1. The molecule has 0 aliphatic heterocycles. The lowest BCUT2D eigenvalue weighted by Gasteiger charge is -2.22. The van der Waals surface area contributed by atoms with Crippen molar-refractivity contribution in [3.05, 3.63) is 33.4 Å². The molecule has 0 bridgehead atoms. The molecule has 1 N–H and O–H groups in total. The molecule has 0 saturated heterocycles. The zero-order valence-corrected chi connectivity index (χ0v) is 10.3. The second kappa shape index (κ2) is 3.72. The maximum absolute atomic E-state index is 12.2. The number of rotatable bonds is 2. The van der Waals surface area contributed by atoms with Gasteiger partial charge in [0.2, 0.25) is 0 Å². The van der Waals surface area contributed by atoms with Crippen LogP contribution in [0.25, 0.3) is 5.65 Å². The average molecular weight is 231 g/mol. The minimum Gasteiger partial charge on any atom is -0.276 e. The Hall–Kier alpha value is -1.58. The van der Waals surface area contributed by atoms with Crippen LogP contribution in [-0.2, 0) is 6.42 Å². The van der Waals surface area contributed by atoms with Crippen LogP contribution in [-0.4, -0.2) is 14.6 Å². The van der Waals surface area contributed by atoms with Gasteiger partial charge in [-0.15, -0.1) is 0 Å². The monoisotopic (exact) mass is 231 g/mol. The first-order valence-electron chi connectivity index (χ1n) is 6.32. The molecule has 0 radical (unpaired) electrons. The molecular weight excluding hydrogens is 214 g/mol. The Balaban J connectivity index is 2.21. The first kappa shape index (κ1) is 10.6. The third kappa shape index (κ3) is 1.51. The van der Waals surface area contributed by atoms with Crippen LogP contribution in [0.4, 0.5) is 0 Å². The van der Waals surface area contributed by atoms with E-state index in [0.717, 1.165) is 29.0 Å². The molecule has 3 rings (SSSR count). The lowest BCUT2D eigenvalue weighted by Crippen LogP contribution is -2.20. The number of hydrogen-bond donors (Lipinski definition) is 1. The molecule has 1 saturated carbocycles. The smallest absolute Gasteiger partial charge is 0.274 e. The highest BCUT2D eigenvalue weighted by Gasteiger charge is 2.23. The predicted molar refractivity (Wildman–Crippen MR) is 66.5 cm³/mol. The molecule has 0 aromatic carbocycles. The van der Waals surface area contributed by atoms with Crippen molar-refractivity contribution in [2.75, 3.05) is 0 Å². The lowest BCUT2D eigenvalue weighted by molar-refractivity contribution is 0.401. The van der Waals surface area contributed by atoms with Crippen LogP contribution in [0, 0.1) is 6.92 Å². The van der Waals surface area contributed by atoms with E-state index >= 15 is 0 Å². The summed E-state index contributed by atoms with van der Waals surface area (Å²) >= 11 is 0. The van der Waals surface area contributed by atoms with E-state index in [0.29, 0.717) is 5.92 Å². The van der Waals surface area contributed by atoms with Gasteiger partial charge < -0.3 is 0 Å². The number of aryl methyl sites for hydroxylation is 1. The number of nitrogens with zero attached hydrogens (tertiary/aromatic N) is 2. The van der Waals surface area contributed by atoms with Gasteiger partial charge in [-0.3, -0.25) is 9.89 Å². The molecule has 1 fully saturated rings. The fourth-order valence-corrected chi connectivity index (χ4v) is 2.50. The summed E-state index contributed by atoms with van der Waals surface area (Å²) in [5.74, 6) is 1.50. The summed E-state index contributed by atoms with van der Waals surface area (Å²) in [6.45, 7) is 4.00. The van der Waals surface area contributed by atoms with E-state index < -0.39 is 0 Å². The molecule has 2 aromatic heterocycles. The maximum atomic E-state index is 12.2. The molecule has 1 aliphatic carbocycles. The molecule has 4 heteroatoms. The Morgan fingerprint density at radius 1 is 1.53 bits per heavy atom. The average Bonchev–Trinajstić information content (AvgIpc) is 2.59. The molecule has 90 valence electrons. The third-order valence-electron chi connectivity index (χ3n) is 3.82. The largest absolute Gasteiger partial charge is 0.276 e.